The van der Waals surface area contributed by atoms with Gasteiger partial charge in [-0.3, -0.25) is 4.79 Å². The van der Waals surface area contributed by atoms with Crippen molar-refractivity contribution in [1.82, 2.24) is 14.9 Å². The van der Waals surface area contributed by atoms with Gasteiger partial charge in [-0.15, -0.1) is 0 Å². The van der Waals surface area contributed by atoms with Crippen molar-refractivity contribution in [3.63, 3.8) is 0 Å². The van der Waals surface area contributed by atoms with Crippen molar-refractivity contribution in [3.8, 4) is 11.1 Å². The van der Waals surface area contributed by atoms with Crippen LogP contribution in [0.2, 0.25) is 0 Å². The summed E-state index contributed by atoms with van der Waals surface area (Å²) in [6.07, 6.45) is 3.66. The summed E-state index contributed by atoms with van der Waals surface area (Å²) >= 11 is 0. The first-order chi connectivity index (χ1) is 17.1. The normalized spacial score (nSPS) is 13.7. The molecule has 5 aromatic rings. The Morgan fingerprint density at radius 3 is 2.71 bits per heavy atom. The lowest BCUT2D eigenvalue weighted by atomic mass is 10.0. The lowest BCUT2D eigenvalue weighted by molar-refractivity contribution is -0.117. The van der Waals surface area contributed by atoms with E-state index in [4.69, 9.17) is 9.40 Å². The third kappa shape index (κ3) is 4.19. The molecule has 6 rings (SSSR count). The number of hydrogen-bond donors (Lipinski definition) is 2. The molecule has 3 heterocycles. The number of hydrogen-bond acceptors (Lipinski definition) is 6. The van der Waals surface area contributed by atoms with Crippen LogP contribution in [-0.4, -0.2) is 48.0 Å². The third-order valence-electron chi connectivity index (χ3n) is 6.45. The van der Waals surface area contributed by atoms with Crippen molar-refractivity contribution in [2.75, 3.05) is 37.8 Å². The Bertz CT molecular complexity index is 1570. The molecule has 0 radical (unpaired) electrons. The van der Waals surface area contributed by atoms with E-state index in [0.717, 1.165) is 75.7 Å². The number of pyridine rings is 2. The van der Waals surface area contributed by atoms with Crippen LogP contribution in [0.3, 0.4) is 0 Å². The zero-order valence-corrected chi connectivity index (χ0v) is 19.8. The van der Waals surface area contributed by atoms with E-state index in [2.05, 4.69) is 46.7 Å². The van der Waals surface area contributed by atoms with Crippen LogP contribution in [0.1, 0.15) is 12.8 Å². The summed E-state index contributed by atoms with van der Waals surface area (Å²) in [6.45, 7) is 1.66. The highest BCUT2D eigenvalue weighted by Crippen LogP contribution is 2.38. The average molecular weight is 466 g/mol. The Morgan fingerprint density at radius 1 is 1.06 bits per heavy atom. The zero-order valence-electron chi connectivity index (χ0n) is 19.8. The summed E-state index contributed by atoms with van der Waals surface area (Å²) in [5, 5.41) is 8.56. The Morgan fingerprint density at radius 2 is 1.89 bits per heavy atom. The first kappa shape index (κ1) is 21.6. The summed E-state index contributed by atoms with van der Waals surface area (Å²) in [5.74, 6) is 0.765. The minimum Gasteiger partial charge on any atom is -0.452 e. The molecule has 0 aliphatic heterocycles. The van der Waals surface area contributed by atoms with Crippen molar-refractivity contribution >= 4 is 50.4 Å². The quantitative estimate of drug-likeness (QED) is 0.329. The Kier molecular flexibility index (Phi) is 5.34. The molecule has 1 aliphatic carbocycles. The van der Waals surface area contributed by atoms with E-state index in [1.165, 1.54) is 0 Å². The van der Waals surface area contributed by atoms with E-state index in [9.17, 15) is 4.79 Å². The van der Waals surface area contributed by atoms with E-state index in [1.54, 1.807) is 6.20 Å². The molecule has 0 saturated heterocycles. The van der Waals surface area contributed by atoms with Crippen molar-refractivity contribution < 1.29 is 9.21 Å². The van der Waals surface area contributed by atoms with Gasteiger partial charge in [-0.05, 0) is 74.5 Å². The molecule has 7 heteroatoms. The van der Waals surface area contributed by atoms with Crippen molar-refractivity contribution in [3.05, 3.63) is 60.8 Å². The molecular formula is C28H27N5O2. The van der Waals surface area contributed by atoms with Gasteiger partial charge in [0.25, 0.3) is 0 Å². The van der Waals surface area contributed by atoms with Gasteiger partial charge >= 0.3 is 0 Å². The second-order valence-corrected chi connectivity index (χ2v) is 9.42. The van der Waals surface area contributed by atoms with Gasteiger partial charge in [0.15, 0.2) is 5.58 Å². The number of benzene rings is 2. The van der Waals surface area contributed by atoms with Crippen LogP contribution in [0.25, 0.3) is 44.1 Å². The monoisotopic (exact) mass is 465 g/mol. The number of aromatic nitrogens is 2. The SMILES string of the molecule is CN(C)CCNc1c2cc(-c3ccnc(NC(=O)C4CC4)c3)ccc2nc2c1oc1ccccc12. The number of likely N-dealkylation sites (N-methyl/N-ethyl adjacent to an activating group) is 1. The van der Waals surface area contributed by atoms with Crippen LogP contribution in [0.5, 0.6) is 0 Å². The molecule has 1 amide bonds. The van der Waals surface area contributed by atoms with E-state index < -0.39 is 0 Å². The van der Waals surface area contributed by atoms with Gasteiger partial charge in [-0.2, -0.15) is 0 Å². The number of para-hydroxylation sites is 1. The number of carbonyl (C=O) groups excluding carboxylic acids is 1. The molecule has 3 aromatic heterocycles. The number of rotatable bonds is 7. The Balaban J connectivity index is 1.46. The average Bonchev–Trinajstić information content (AvgIpc) is 3.65. The van der Waals surface area contributed by atoms with Gasteiger partial charge in [0, 0.05) is 36.0 Å². The van der Waals surface area contributed by atoms with Crippen LogP contribution >= 0.6 is 0 Å². The van der Waals surface area contributed by atoms with Crippen LogP contribution in [-0.2, 0) is 4.79 Å². The molecule has 2 aromatic carbocycles. The number of amides is 1. The third-order valence-corrected chi connectivity index (χ3v) is 6.45. The van der Waals surface area contributed by atoms with Crippen molar-refractivity contribution in [2.45, 2.75) is 12.8 Å². The molecule has 0 bridgehead atoms. The predicted octanol–water partition coefficient (Wildman–Crippen LogP) is 5.52. The van der Waals surface area contributed by atoms with E-state index in [0.29, 0.717) is 5.82 Å². The summed E-state index contributed by atoms with van der Waals surface area (Å²) in [6, 6.07) is 18.1. The van der Waals surface area contributed by atoms with Crippen LogP contribution in [0.4, 0.5) is 11.5 Å². The molecule has 1 fully saturated rings. The van der Waals surface area contributed by atoms with Gasteiger partial charge in [-0.1, -0.05) is 18.2 Å². The van der Waals surface area contributed by atoms with E-state index >= 15 is 0 Å². The molecule has 0 unspecified atom stereocenters. The van der Waals surface area contributed by atoms with Crippen LogP contribution in [0, 0.1) is 5.92 Å². The molecule has 0 spiro atoms. The number of nitrogens with zero attached hydrogens (tertiary/aromatic N) is 3. The number of carbonyl (C=O) groups is 1. The fourth-order valence-corrected chi connectivity index (χ4v) is 4.40. The largest absolute Gasteiger partial charge is 0.452 e. The van der Waals surface area contributed by atoms with Gasteiger partial charge in [-0.25, -0.2) is 9.97 Å². The van der Waals surface area contributed by atoms with Gasteiger partial charge in [0.1, 0.15) is 16.9 Å². The Hall–Kier alpha value is -3.97. The summed E-state index contributed by atoms with van der Waals surface area (Å²) in [7, 11) is 4.12. The highest BCUT2D eigenvalue weighted by Gasteiger charge is 2.29. The topological polar surface area (TPSA) is 83.3 Å². The molecule has 2 N–H and O–H groups in total. The molecular weight excluding hydrogens is 438 g/mol. The maximum Gasteiger partial charge on any atom is 0.228 e. The minimum absolute atomic E-state index is 0.0528. The number of furan rings is 1. The first-order valence-corrected chi connectivity index (χ1v) is 12.0. The highest BCUT2D eigenvalue weighted by atomic mass is 16.3. The number of nitrogens with one attached hydrogen (secondary N) is 2. The molecule has 7 nitrogen and oxygen atoms in total. The fourth-order valence-electron chi connectivity index (χ4n) is 4.40. The zero-order chi connectivity index (χ0) is 23.9. The summed E-state index contributed by atoms with van der Waals surface area (Å²) in [4.78, 5) is 23.7. The van der Waals surface area contributed by atoms with Crippen molar-refractivity contribution in [2.24, 2.45) is 5.92 Å². The number of anilines is 2. The predicted molar refractivity (Wildman–Crippen MR) is 141 cm³/mol. The summed E-state index contributed by atoms with van der Waals surface area (Å²) < 4.78 is 6.29. The lowest BCUT2D eigenvalue weighted by Gasteiger charge is -2.14. The minimum atomic E-state index is 0.0528. The maximum atomic E-state index is 12.2. The lowest BCUT2D eigenvalue weighted by Crippen LogP contribution is -2.21. The second-order valence-electron chi connectivity index (χ2n) is 9.42. The first-order valence-electron chi connectivity index (χ1n) is 12.0. The van der Waals surface area contributed by atoms with E-state index in [-0.39, 0.29) is 11.8 Å². The van der Waals surface area contributed by atoms with Crippen LogP contribution in [0.15, 0.2) is 65.2 Å². The van der Waals surface area contributed by atoms with Crippen molar-refractivity contribution in [1.29, 1.82) is 0 Å². The molecule has 0 atom stereocenters. The van der Waals surface area contributed by atoms with E-state index in [1.807, 2.05) is 42.5 Å². The summed E-state index contributed by atoms with van der Waals surface area (Å²) in [5.41, 5.74) is 6.31. The standard InChI is InChI=1S/C28H27N5O2/c1-33(2)14-13-30-25-21-15-18(19-11-12-29-24(16-19)32-28(34)17-7-8-17)9-10-22(21)31-26-20-5-3-4-6-23(20)35-27(25)26/h3-6,9-12,15-17H,7-8,13-14H2,1-2H3,(H,30,31)(H,29,32,34). The second kappa shape index (κ2) is 8.67. The Labute approximate surface area is 203 Å². The molecule has 1 saturated carbocycles. The van der Waals surface area contributed by atoms with Gasteiger partial charge in [0.2, 0.25) is 5.91 Å². The number of fused-ring (bicyclic) bond motifs is 4. The molecule has 176 valence electrons. The molecule has 35 heavy (non-hydrogen) atoms. The molecule has 1 aliphatic rings. The van der Waals surface area contributed by atoms with Crippen LogP contribution < -0.4 is 10.6 Å². The van der Waals surface area contributed by atoms with Gasteiger partial charge in [0.05, 0.1) is 11.2 Å². The maximum absolute atomic E-state index is 12.2. The highest BCUT2D eigenvalue weighted by molar-refractivity contribution is 6.14. The van der Waals surface area contributed by atoms with Gasteiger partial charge < -0.3 is 20.0 Å². The fraction of sp³-hybridized carbons (Fsp3) is 0.250. The smallest absolute Gasteiger partial charge is 0.228 e.